The molecule has 3 nitrogen and oxygen atoms in total. The number of ether oxygens (including phenoxy) is 1. The largest absolute Gasteiger partial charge is 0.487 e. The molecule has 0 unspecified atom stereocenters. The number of hydrogen-bond acceptors (Lipinski definition) is 2. The molecule has 0 bridgehead atoms. The molecular formula is C11H12FNO2. The molecule has 0 atom stereocenters. The van der Waals surface area contributed by atoms with Crippen molar-refractivity contribution in [3.8, 4) is 5.75 Å². The molecule has 1 aromatic carbocycles. The molecule has 4 heteroatoms. The van der Waals surface area contributed by atoms with E-state index in [2.05, 4.69) is 0 Å². The van der Waals surface area contributed by atoms with Crippen LogP contribution in [0.3, 0.4) is 0 Å². The van der Waals surface area contributed by atoms with E-state index in [9.17, 15) is 9.18 Å². The van der Waals surface area contributed by atoms with Gasteiger partial charge in [0.15, 0.2) is 0 Å². The van der Waals surface area contributed by atoms with Crippen LogP contribution in [0.1, 0.15) is 29.8 Å². The van der Waals surface area contributed by atoms with Crippen molar-refractivity contribution in [2.24, 2.45) is 5.73 Å². The van der Waals surface area contributed by atoms with Gasteiger partial charge in [0.25, 0.3) is 5.91 Å². The predicted molar refractivity (Wildman–Crippen MR) is 53.3 cm³/mol. The second kappa shape index (κ2) is 2.95. The Labute approximate surface area is 87.0 Å². The van der Waals surface area contributed by atoms with Crippen LogP contribution in [0.4, 0.5) is 4.39 Å². The van der Waals surface area contributed by atoms with Crippen LogP contribution in [0, 0.1) is 5.82 Å². The van der Waals surface area contributed by atoms with Crippen LogP contribution in [-0.4, -0.2) is 11.5 Å². The molecule has 0 radical (unpaired) electrons. The summed E-state index contributed by atoms with van der Waals surface area (Å²) in [5.41, 5.74) is 5.01. The van der Waals surface area contributed by atoms with E-state index >= 15 is 0 Å². The van der Waals surface area contributed by atoms with Crippen molar-refractivity contribution >= 4 is 5.91 Å². The summed E-state index contributed by atoms with van der Waals surface area (Å²) in [6.45, 7) is 3.74. The lowest BCUT2D eigenvalue weighted by molar-refractivity contribution is 0.0996. The topological polar surface area (TPSA) is 52.3 Å². The highest BCUT2D eigenvalue weighted by molar-refractivity contribution is 5.93. The Morgan fingerprint density at radius 1 is 1.53 bits per heavy atom. The zero-order chi connectivity index (χ0) is 11.2. The molecule has 2 rings (SSSR count). The van der Waals surface area contributed by atoms with Gasteiger partial charge in [0.1, 0.15) is 17.2 Å². The minimum Gasteiger partial charge on any atom is -0.487 e. The van der Waals surface area contributed by atoms with E-state index in [0.717, 1.165) is 0 Å². The zero-order valence-corrected chi connectivity index (χ0v) is 8.63. The normalized spacial score (nSPS) is 17.0. The average Bonchev–Trinajstić information content (AvgIpc) is 2.40. The van der Waals surface area contributed by atoms with Crippen molar-refractivity contribution in [1.82, 2.24) is 0 Å². The lowest BCUT2D eigenvalue weighted by atomic mass is 9.99. The van der Waals surface area contributed by atoms with Gasteiger partial charge in [0.05, 0.1) is 5.56 Å². The number of halogens is 1. The molecule has 1 amide bonds. The molecular weight excluding hydrogens is 197 g/mol. The second-order valence-electron chi connectivity index (χ2n) is 4.31. The van der Waals surface area contributed by atoms with E-state index in [0.29, 0.717) is 17.7 Å². The molecule has 1 aliphatic rings. The molecule has 0 saturated heterocycles. The van der Waals surface area contributed by atoms with Gasteiger partial charge in [-0.25, -0.2) is 4.39 Å². The maximum absolute atomic E-state index is 13.8. The van der Waals surface area contributed by atoms with Gasteiger partial charge in [-0.05, 0) is 26.0 Å². The van der Waals surface area contributed by atoms with E-state index in [-0.39, 0.29) is 5.56 Å². The van der Waals surface area contributed by atoms with Gasteiger partial charge in [0, 0.05) is 12.0 Å². The van der Waals surface area contributed by atoms with Crippen LogP contribution in [0.15, 0.2) is 12.1 Å². The highest BCUT2D eigenvalue weighted by Crippen LogP contribution is 2.37. The van der Waals surface area contributed by atoms with Crippen LogP contribution in [0.5, 0.6) is 5.75 Å². The van der Waals surface area contributed by atoms with Crippen LogP contribution in [0.25, 0.3) is 0 Å². The predicted octanol–water partition coefficient (Wildman–Crippen LogP) is 1.64. The van der Waals surface area contributed by atoms with E-state index in [1.807, 2.05) is 13.8 Å². The van der Waals surface area contributed by atoms with Crippen molar-refractivity contribution in [3.05, 3.63) is 29.1 Å². The molecule has 0 fully saturated rings. The lowest BCUT2D eigenvalue weighted by Crippen LogP contribution is -2.24. The number of carbonyl (C=O) groups is 1. The van der Waals surface area contributed by atoms with Gasteiger partial charge in [0.2, 0.25) is 0 Å². The average molecular weight is 209 g/mol. The minimum atomic E-state index is -0.750. The third-order valence-electron chi connectivity index (χ3n) is 2.45. The molecule has 0 spiro atoms. The van der Waals surface area contributed by atoms with Gasteiger partial charge in [-0.2, -0.15) is 0 Å². The fourth-order valence-electron chi connectivity index (χ4n) is 1.81. The van der Waals surface area contributed by atoms with Crippen molar-refractivity contribution in [2.45, 2.75) is 25.9 Å². The van der Waals surface area contributed by atoms with E-state index in [1.54, 1.807) is 6.07 Å². The molecule has 15 heavy (non-hydrogen) atoms. The Morgan fingerprint density at radius 2 is 2.20 bits per heavy atom. The summed E-state index contributed by atoms with van der Waals surface area (Å²) in [5.74, 6) is -0.798. The van der Waals surface area contributed by atoms with Gasteiger partial charge >= 0.3 is 0 Å². The molecule has 1 aliphatic heterocycles. The molecule has 80 valence electrons. The van der Waals surface area contributed by atoms with E-state index < -0.39 is 17.3 Å². The highest BCUT2D eigenvalue weighted by atomic mass is 19.1. The number of hydrogen-bond donors (Lipinski definition) is 1. The van der Waals surface area contributed by atoms with Crippen LogP contribution < -0.4 is 10.5 Å². The van der Waals surface area contributed by atoms with E-state index in [1.165, 1.54) is 6.07 Å². The summed E-state index contributed by atoms with van der Waals surface area (Å²) < 4.78 is 19.3. The number of fused-ring (bicyclic) bond motifs is 1. The quantitative estimate of drug-likeness (QED) is 0.764. The third kappa shape index (κ3) is 1.56. The molecule has 0 saturated carbocycles. The van der Waals surface area contributed by atoms with Crippen molar-refractivity contribution < 1.29 is 13.9 Å². The Hall–Kier alpha value is -1.58. The monoisotopic (exact) mass is 209 g/mol. The third-order valence-corrected chi connectivity index (χ3v) is 2.45. The SMILES string of the molecule is CC1(C)Cc2c(ccc(C(N)=O)c2F)O1. The molecule has 1 aromatic rings. The first kappa shape index (κ1) is 9.96. The summed E-state index contributed by atoms with van der Waals surface area (Å²) in [4.78, 5) is 10.9. The summed E-state index contributed by atoms with van der Waals surface area (Å²) in [6.07, 6.45) is 0.454. The maximum Gasteiger partial charge on any atom is 0.251 e. The maximum atomic E-state index is 13.8. The fraction of sp³-hybridized carbons (Fsp3) is 0.364. The zero-order valence-electron chi connectivity index (χ0n) is 8.63. The molecule has 1 heterocycles. The number of carbonyl (C=O) groups excluding carboxylic acids is 1. The number of benzene rings is 1. The number of rotatable bonds is 1. The minimum absolute atomic E-state index is 0.0740. The molecule has 0 aromatic heterocycles. The highest BCUT2D eigenvalue weighted by Gasteiger charge is 2.33. The van der Waals surface area contributed by atoms with E-state index in [4.69, 9.17) is 10.5 Å². The smallest absolute Gasteiger partial charge is 0.251 e. The number of nitrogens with two attached hydrogens (primary N) is 1. The van der Waals surface area contributed by atoms with Crippen molar-refractivity contribution in [1.29, 1.82) is 0 Å². The Morgan fingerprint density at radius 3 is 2.80 bits per heavy atom. The van der Waals surface area contributed by atoms with Crippen LogP contribution in [0.2, 0.25) is 0 Å². The number of primary amides is 1. The van der Waals surface area contributed by atoms with Crippen LogP contribution in [-0.2, 0) is 6.42 Å². The number of amides is 1. The van der Waals surface area contributed by atoms with Gasteiger partial charge < -0.3 is 10.5 Å². The first-order valence-electron chi connectivity index (χ1n) is 4.71. The van der Waals surface area contributed by atoms with Crippen molar-refractivity contribution in [3.63, 3.8) is 0 Å². The molecule has 0 aliphatic carbocycles. The van der Waals surface area contributed by atoms with Crippen LogP contribution >= 0.6 is 0 Å². The Balaban J connectivity index is 2.53. The summed E-state index contributed by atoms with van der Waals surface area (Å²) in [6, 6.07) is 2.95. The van der Waals surface area contributed by atoms with Gasteiger partial charge in [-0.15, -0.1) is 0 Å². The summed E-state index contributed by atoms with van der Waals surface area (Å²) in [5, 5.41) is 0. The summed E-state index contributed by atoms with van der Waals surface area (Å²) in [7, 11) is 0. The standard InChI is InChI=1S/C11H12FNO2/c1-11(2)5-7-8(15-11)4-3-6(9(7)12)10(13)14/h3-4H,5H2,1-2H3,(H2,13,14). The first-order chi connectivity index (χ1) is 6.91. The summed E-state index contributed by atoms with van der Waals surface area (Å²) >= 11 is 0. The second-order valence-corrected chi connectivity index (χ2v) is 4.31. The fourth-order valence-corrected chi connectivity index (χ4v) is 1.81. The molecule has 2 N–H and O–H groups in total. The van der Waals surface area contributed by atoms with Crippen molar-refractivity contribution in [2.75, 3.05) is 0 Å². The Bertz CT molecular complexity index is 440. The van der Waals surface area contributed by atoms with Gasteiger partial charge in [-0.3, -0.25) is 4.79 Å². The first-order valence-corrected chi connectivity index (χ1v) is 4.71. The Kier molecular flexibility index (Phi) is 1.96. The lowest BCUT2D eigenvalue weighted by Gasteiger charge is -2.16. The van der Waals surface area contributed by atoms with Gasteiger partial charge in [-0.1, -0.05) is 0 Å².